The van der Waals surface area contributed by atoms with Crippen molar-refractivity contribution in [2.24, 2.45) is 5.92 Å². The SMILES string of the molecule is C=Cc1ccc(C2(c3cc(C)ccc3C)c3ccccc3-c3ccc(N(c4ccc(-c5ccc(N(c6ccc7c(c6)C(C6=CCC(C=C)C=C6)(c6cc(C)ccc6C)c6ccccc6-7)c6ccccc6F)cc5)cc4)c4ccccc4F)cc32)cc1. The fourth-order valence-corrected chi connectivity index (χ4v) is 14.3. The van der Waals surface area contributed by atoms with Crippen LogP contribution in [0.2, 0.25) is 0 Å². The van der Waals surface area contributed by atoms with Gasteiger partial charge >= 0.3 is 0 Å². The molecule has 0 radical (unpaired) electrons. The lowest BCUT2D eigenvalue weighted by Gasteiger charge is -2.38. The van der Waals surface area contributed by atoms with Crippen molar-refractivity contribution >= 4 is 40.2 Å². The van der Waals surface area contributed by atoms with Crippen molar-refractivity contribution < 1.29 is 8.78 Å². The summed E-state index contributed by atoms with van der Waals surface area (Å²) >= 11 is 0. The van der Waals surface area contributed by atoms with E-state index < -0.39 is 10.8 Å². The van der Waals surface area contributed by atoms with Gasteiger partial charge in [-0.1, -0.05) is 218 Å². The molecular formula is C82H64F2N2. The van der Waals surface area contributed by atoms with E-state index in [4.69, 9.17) is 0 Å². The maximum atomic E-state index is 16.6. The first-order valence-electron chi connectivity index (χ1n) is 29.7. The minimum atomic E-state index is -0.686. The van der Waals surface area contributed by atoms with Crippen molar-refractivity contribution in [2.45, 2.75) is 44.9 Å². The number of para-hydroxylation sites is 2. The minimum Gasteiger partial charge on any atom is -0.308 e. The molecule has 86 heavy (non-hydrogen) atoms. The van der Waals surface area contributed by atoms with Crippen LogP contribution in [0, 0.1) is 45.2 Å². The van der Waals surface area contributed by atoms with Crippen LogP contribution in [-0.2, 0) is 10.8 Å². The molecule has 3 atom stereocenters. The molecule has 4 heteroatoms. The summed E-state index contributed by atoms with van der Waals surface area (Å²) in [6, 6.07) is 84.0. The number of fused-ring (bicyclic) bond motifs is 6. The maximum Gasteiger partial charge on any atom is 0.147 e. The number of nitrogens with zero attached hydrogens (tertiary/aromatic N) is 2. The van der Waals surface area contributed by atoms with Gasteiger partial charge in [0.25, 0.3) is 0 Å². The van der Waals surface area contributed by atoms with Gasteiger partial charge in [0, 0.05) is 22.7 Å². The zero-order chi connectivity index (χ0) is 58.8. The summed E-state index contributed by atoms with van der Waals surface area (Å²) in [6.07, 6.45) is 11.8. The van der Waals surface area contributed by atoms with Gasteiger partial charge in [-0.05, 0) is 207 Å². The van der Waals surface area contributed by atoms with Gasteiger partial charge in [0.05, 0.1) is 22.2 Å². The molecule has 0 saturated carbocycles. The molecule has 0 aliphatic heterocycles. The fraction of sp³-hybridized carbons (Fsp3) is 0.0976. The van der Waals surface area contributed by atoms with Crippen molar-refractivity contribution in [2.75, 3.05) is 9.80 Å². The van der Waals surface area contributed by atoms with E-state index in [0.29, 0.717) is 11.4 Å². The van der Waals surface area contributed by atoms with Crippen LogP contribution < -0.4 is 9.80 Å². The van der Waals surface area contributed by atoms with Crippen molar-refractivity contribution in [3.05, 3.63) is 364 Å². The Morgan fingerprint density at radius 3 is 1.34 bits per heavy atom. The second-order valence-corrected chi connectivity index (χ2v) is 23.3. The molecule has 0 amide bonds. The highest BCUT2D eigenvalue weighted by Gasteiger charge is 2.49. The fourth-order valence-electron chi connectivity index (χ4n) is 14.3. The summed E-state index contributed by atoms with van der Waals surface area (Å²) in [7, 11) is 0. The summed E-state index contributed by atoms with van der Waals surface area (Å²) in [5.74, 6) is -0.402. The molecule has 416 valence electrons. The molecule has 0 aromatic heterocycles. The van der Waals surface area contributed by atoms with Crippen molar-refractivity contribution in [1.29, 1.82) is 0 Å². The van der Waals surface area contributed by atoms with Crippen LogP contribution in [0.4, 0.5) is 42.9 Å². The summed E-state index contributed by atoms with van der Waals surface area (Å²) in [5, 5.41) is 0. The van der Waals surface area contributed by atoms with Gasteiger partial charge in [-0.15, -0.1) is 6.58 Å². The van der Waals surface area contributed by atoms with Crippen molar-refractivity contribution in [1.82, 2.24) is 0 Å². The molecule has 0 bridgehead atoms. The summed E-state index contributed by atoms with van der Waals surface area (Å²) in [5.41, 5.74) is 24.8. The monoisotopic (exact) mass is 1110 g/mol. The van der Waals surface area contributed by atoms with E-state index in [9.17, 15) is 0 Å². The van der Waals surface area contributed by atoms with Gasteiger partial charge < -0.3 is 9.80 Å². The zero-order valence-corrected chi connectivity index (χ0v) is 48.8. The molecule has 11 aromatic rings. The Morgan fingerprint density at radius 2 is 0.860 bits per heavy atom. The third kappa shape index (κ3) is 8.57. The number of benzene rings is 11. The topological polar surface area (TPSA) is 6.48 Å². The molecular weight excluding hydrogens is 1050 g/mol. The van der Waals surface area contributed by atoms with Gasteiger partial charge in [0.15, 0.2) is 0 Å². The predicted molar refractivity (Wildman–Crippen MR) is 355 cm³/mol. The Morgan fingerprint density at radius 1 is 0.419 bits per heavy atom. The summed E-state index contributed by atoms with van der Waals surface area (Å²) in [6.45, 7) is 17.0. The highest BCUT2D eigenvalue weighted by molar-refractivity contribution is 5.92. The van der Waals surface area contributed by atoms with Crippen LogP contribution >= 0.6 is 0 Å². The Labute approximate surface area is 504 Å². The van der Waals surface area contributed by atoms with Crippen LogP contribution in [0.3, 0.4) is 0 Å². The first-order chi connectivity index (χ1) is 42.0. The lowest BCUT2D eigenvalue weighted by molar-refractivity contribution is 0.628. The second-order valence-electron chi connectivity index (χ2n) is 23.3. The molecule has 0 spiro atoms. The number of aryl methyl sites for hydroxylation is 4. The largest absolute Gasteiger partial charge is 0.308 e. The predicted octanol–water partition coefficient (Wildman–Crippen LogP) is 21.8. The number of hydrogen-bond donors (Lipinski definition) is 0. The third-order valence-electron chi connectivity index (χ3n) is 18.4. The number of rotatable bonds is 13. The van der Waals surface area contributed by atoms with Gasteiger partial charge in [-0.2, -0.15) is 0 Å². The molecule has 2 nitrogen and oxygen atoms in total. The smallest absolute Gasteiger partial charge is 0.147 e. The summed E-state index contributed by atoms with van der Waals surface area (Å²) < 4.78 is 33.1. The average molecular weight is 1120 g/mol. The molecule has 3 aliphatic carbocycles. The Hall–Kier alpha value is -10.2. The Bertz CT molecular complexity index is 4560. The second kappa shape index (κ2) is 21.5. The van der Waals surface area contributed by atoms with E-state index in [1.807, 2.05) is 46.2 Å². The molecule has 0 N–H and O–H groups in total. The number of anilines is 6. The van der Waals surface area contributed by atoms with E-state index in [1.54, 1.807) is 12.1 Å². The minimum absolute atomic E-state index is 0.251. The molecule has 3 unspecified atom stereocenters. The molecule has 0 fully saturated rings. The van der Waals surface area contributed by atoms with E-state index >= 15 is 8.78 Å². The highest BCUT2D eigenvalue weighted by Crippen LogP contribution is 2.61. The van der Waals surface area contributed by atoms with Gasteiger partial charge in [0.1, 0.15) is 11.6 Å². The highest BCUT2D eigenvalue weighted by atomic mass is 19.1. The number of halogens is 2. The maximum absolute atomic E-state index is 16.6. The molecule has 0 saturated heterocycles. The first-order valence-corrected chi connectivity index (χ1v) is 29.7. The zero-order valence-electron chi connectivity index (χ0n) is 48.8. The van der Waals surface area contributed by atoms with Crippen LogP contribution in [-0.4, -0.2) is 0 Å². The molecule has 3 aliphatic rings. The first kappa shape index (κ1) is 53.8. The van der Waals surface area contributed by atoms with E-state index in [-0.39, 0.29) is 17.6 Å². The number of allylic oxidation sites excluding steroid dienone is 5. The van der Waals surface area contributed by atoms with E-state index in [0.717, 1.165) is 73.7 Å². The molecule has 11 aromatic carbocycles. The Kier molecular flexibility index (Phi) is 13.4. The standard InChI is InChI=1S/C82H64F2N2/c1-7-57-29-37-61(38-30-57)81(73-49-53(3)25-27-55(73)5)71-19-11-9-17-67(71)69-47-45-65(51-75(69)81)85(79-23-15-13-21-77(79)83)63-41-33-59(34-42-63)60-35-43-64(44-36-60)86(80-24-16-14-22-78(80)84)66-46-48-70-68-18-10-12-20-72(68)82(76(70)52-66,62-39-31-58(8-2)32-40-62)74-50-54(4)26-28-56(74)6/h7-31,33-52,58H,1-2,32H2,3-6H3. The van der Waals surface area contributed by atoms with Crippen LogP contribution in [0.15, 0.2) is 286 Å². The lowest BCUT2D eigenvalue weighted by atomic mass is 9.64. The third-order valence-corrected chi connectivity index (χ3v) is 18.4. The average Bonchev–Trinajstić information content (AvgIpc) is 1.53. The van der Waals surface area contributed by atoms with Gasteiger partial charge in [0.2, 0.25) is 0 Å². The van der Waals surface area contributed by atoms with Gasteiger partial charge in [-0.3, -0.25) is 0 Å². The van der Waals surface area contributed by atoms with E-state index in [1.165, 1.54) is 73.3 Å². The van der Waals surface area contributed by atoms with E-state index in [2.05, 4.69) is 253 Å². The molecule has 0 heterocycles. The lowest BCUT2D eigenvalue weighted by Crippen LogP contribution is -2.31. The normalized spacial score (nSPS) is 17.0. The van der Waals surface area contributed by atoms with Crippen LogP contribution in [0.1, 0.15) is 73.2 Å². The van der Waals surface area contributed by atoms with Crippen molar-refractivity contribution in [3.8, 4) is 33.4 Å². The summed E-state index contributed by atoms with van der Waals surface area (Å²) in [4.78, 5) is 4.08. The van der Waals surface area contributed by atoms with Crippen molar-refractivity contribution in [3.63, 3.8) is 0 Å². The van der Waals surface area contributed by atoms with Crippen LogP contribution in [0.25, 0.3) is 39.5 Å². The quantitative estimate of drug-likeness (QED) is 0.106. The molecule has 14 rings (SSSR count). The number of hydrogen-bond acceptors (Lipinski definition) is 2. The van der Waals surface area contributed by atoms with Gasteiger partial charge in [-0.25, -0.2) is 8.78 Å². The Balaban J connectivity index is 0.870. The van der Waals surface area contributed by atoms with Crippen LogP contribution in [0.5, 0.6) is 0 Å².